The van der Waals surface area contributed by atoms with Gasteiger partial charge in [0.05, 0.1) is 0 Å². The summed E-state index contributed by atoms with van der Waals surface area (Å²) >= 11 is 0. The topological polar surface area (TPSA) is 15.3 Å². The van der Waals surface area contributed by atoms with Crippen LogP contribution >= 0.6 is 0 Å². The average molecular weight is 283 g/mol. The maximum Gasteiger partial charge on any atom is 0.0303 e. The fraction of sp³-hybridized carbons (Fsp3) is 1.00. The predicted octanol–water partition coefficient (Wildman–Crippen LogP) is 4.45. The molecular formula is C18H38N2. The first kappa shape index (κ1) is 18.0. The molecular weight excluding hydrogens is 244 g/mol. The number of rotatable bonds is 9. The molecule has 0 aromatic rings. The lowest BCUT2D eigenvalue weighted by atomic mass is 9.87. The van der Waals surface area contributed by atoms with Crippen molar-refractivity contribution in [2.75, 3.05) is 19.6 Å². The summed E-state index contributed by atoms with van der Waals surface area (Å²) in [6.07, 6.45) is 9.49. The first-order valence-corrected chi connectivity index (χ1v) is 9.05. The summed E-state index contributed by atoms with van der Waals surface area (Å²) in [7, 11) is 0. The second-order valence-corrected chi connectivity index (χ2v) is 7.08. The van der Waals surface area contributed by atoms with Gasteiger partial charge in [-0.05, 0) is 32.2 Å². The Morgan fingerprint density at radius 2 is 1.85 bits per heavy atom. The molecule has 0 aromatic carbocycles. The van der Waals surface area contributed by atoms with E-state index in [9.17, 15) is 0 Å². The molecule has 1 N–H and O–H groups in total. The Balaban J connectivity index is 2.47. The SMILES string of the molecule is CCCCCCCN1CC(C(C)CC)NCC1(C)CC. The highest BCUT2D eigenvalue weighted by molar-refractivity contribution is 4.96. The lowest BCUT2D eigenvalue weighted by Gasteiger charge is -2.49. The molecule has 2 nitrogen and oxygen atoms in total. The molecule has 0 aromatic heterocycles. The standard InChI is InChI=1S/C18H38N2/c1-6-9-10-11-12-13-20-14-17(16(4)7-2)19-15-18(20,5)8-3/h16-17,19H,6-15H2,1-5H3. The second kappa shape index (κ2) is 9.04. The molecule has 3 atom stereocenters. The third-order valence-corrected chi connectivity index (χ3v) is 5.55. The van der Waals surface area contributed by atoms with Crippen LogP contribution in [0.1, 0.15) is 79.6 Å². The summed E-state index contributed by atoms with van der Waals surface area (Å²) in [5, 5.41) is 3.81. The summed E-state index contributed by atoms with van der Waals surface area (Å²) in [4.78, 5) is 2.78. The summed E-state index contributed by atoms with van der Waals surface area (Å²) < 4.78 is 0. The van der Waals surface area contributed by atoms with Gasteiger partial charge in [-0.15, -0.1) is 0 Å². The van der Waals surface area contributed by atoms with Gasteiger partial charge in [0.25, 0.3) is 0 Å². The monoisotopic (exact) mass is 282 g/mol. The summed E-state index contributed by atoms with van der Waals surface area (Å²) in [6, 6.07) is 0.690. The van der Waals surface area contributed by atoms with Crippen LogP contribution in [0.5, 0.6) is 0 Å². The number of piperazine rings is 1. The van der Waals surface area contributed by atoms with Crippen molar-refractivity contribution in [3.05, 3.63) is 0 Å². The van der Waals surface area contributed by atoms with Crippen molar-refractivity contribution < 1.29 is 0 Å². The highest BCUT2D eigenvalue weighted by Gasteiger charge is 2.36. The van der Waals surface area contributed by atoms with Gasteiger partial charge in [-0.1, -0.05) is 59.8 Å². The Labute approximate surface area is 127 Å². The van der Waals surface area contributed by atoms with E-state index in [1.807, 2.05) is 0 Å². The minimum atomic E-state index is 0.370. The van der Waals surface area contributed by atoms with Crippen molar-refractivity contribution >= 4 is 0 Å². The molecule has 120 valence electrons. The second-order valence-electron chi connectivity index (χ2n) is 7.08. The maximum atomic E-state index is 3.81. The first-order valence-electron chi connectivity index (χ1n) is 9.05. The van der Waals surface area contributed by atoms with Gasteiger partial charge in [0.2, 0.25) is 0 Å². The number of nitrogens with one attached hydrogen (secondary N) is 1. The molecule has 0 radical (unpaired) electrons. The van der Waals surface area contributed by atoms with Crippen LogP contribution in [0.2, 0.25) is 0 Å². The normalized spacial score (nSPS) is 29.6. The summed E-state index contributed by atoms with van der Waals surface area (Å²) in [5.41, 5.74) is 0.370. The fourth-order valence-electron chi connectivity index (χ4n) is 3.27. The van der Waals surface area contributed by atoms with E-state index in [4.69, 9.17) is 0 Å². The van der Waals surface area contributed by atoms with Crippen LogP contribution in [-0.4, -0.2) is 36.1 Å². The molecule has 1 aliphatic rings. The average Bonchev–Trinajstić information content (AvgIpc) is 2.48. The summed E-state index contributed by atoms with van der Waals surface area (Å²) in [5.74, 6) is 0.791. The number of hydrogen-bond donors (Lipinski definition) is 1. The van der Waals surface area contributed by atoms with Crippen molar-refractivity contribution in [2.45, 2.75) is 91.1 Å². The van der Waals surface area contributed by atoms with E-state index in [0.29, 0.717) is 11.6 Å². The lowest BCUT2D eigenvalue weighted by Crippen LogP contribution is -2.64. The minimum absolute atomic E-state index is 0.370. The van der Waals surface area contributed by atoms with Crippen molar-refractivity contribution in [3.8, 4) is 0 Å². The third kappa shape index (κ3) is 5.04. The highest BCUT2D eigenvalue weighted by atomic mass is 15.3. The van der Waals surface area contributed by atoms with Crippen LogP contribution in [0.4, 0.5) is 0 Å². The van der Waals surface area contributed by atoms with E-state index in [0.717, 1.165) is 12.5 Å². The van der Waals surface area contributed by atoms with Gasteiger partial charge in [0.15, 0.2) is 0 Å². The maximum absolute atomic E-state index is 3.81. The molecule has 0 bridgehead atoms. The lowest BCUT2D eigenvalue weighted by molar-refractivity contribution is 0.0349. The van der Waals surface area contributed by atoms with Gasteiger partial charge in [-0.25, -0.2) is 0 Å². The first-order chi connectivity index (χ1) is 9.57. The molecule has 3 unspecified atom stereocenters. The van der Waals surface area contributed by atoms with Crippen molar-refractivity contribution in [1.82, 2.24) is 10.2 Å². The van der Waals surface area contributed by atoms with E-state index in [2.05, 4.69) is 44.8 Å². The van der Waals surface area contributed by atoms with Gasteiger partial charge in [0.1, 0.15) is 0 Å². The Kier molecular flexibility index (Phi) is 8.13. The van der Waals surface area contributed by atoms with Gasteiger partial charge >= 0.3 is 0 Å². The summed E-state index contributed by atoms with van der Waals surface area (Å²) in [6.45, 7) is 15.5. The largest absolute Gasteiger partial charge is 0.311 e. The van der Waals surface area contributed by atoms with Gasteiger partial charge < -0.3 is 5.32 Å². The molecule has 0 amide bonds. The molecule has 1 saturated heterocycles. The fourth-order valence-corrected chi connectivity index (χ4v) is 3.27. The Bertz CT molecular complexity index is 254. The zero-order chi connectivity index (χ0) is 15.0. The highest BCUT2D eigenvalue weighted by Crippen LogP contribution is 2.26. The molecule has 1 heterocycles. The van der Waals surface area contributed by atoms with Crippen molar-refractivity contribution in [3.63, 3.8) is 0 Å². The van der Waals surface area contributed by atoms with Gasteiger partial charge in [0, 0.05) is 24.7 Å². The van der Waals surface area contributed by atoms with Crippen molar-refractivity contribution in [2.24, 2.45) is 5.92 Å². The Morgan fingerprint density at radius 3 is 2.45 bits per heavy atom. The van der Waals surface area contributed by atoms with Gasteiger partial charge in [-0.3, -0.25) is 4.90 Å². The van der Waals surface area contributed by atoms with Gasteiger partial charge in [-0.2, -0.15) is 0 Å². The van der Waals surface area contributed by atoms with E-state index >= 15 is 0 Å². The van der Waals surface area contributed by atoms with Crippen LogP contribution < -0.4 is 5.32 Å². The van der Waals surface area contributed by atoms with Crippen LogP contribution in [0.3, 0.4) is 0 Å². The zero-order valence-corrected chi connectivity index (χ0v) is 14.7. The van der Waals surface area contributed by atoms with E-state index in [-0.39, 0.29) is 0 Å². The molecule has 0 spiro atoms. The van der Waals surface area contributed by atoms with E-state index in [1.54, 1.807) is 0 Å². The Hall–Kier alpha value is -0.0800. The quantitative estimate of drug-likeness (QED) is 0.629. The van der Waals surface area contributed by atoms with Crippen LogP contribution in [-0.2, 0) is 0 Å². The molecule has 1 rings (SSSR count). The third-order valence-electron chi connectivity index (χ3n) is 5.55. The van der Waals surface area contributed by atoms with Crippen LogP contribution in [0.25, 0.3) is 0 Å². The predicted molar refractivity (Wildman–Crippen MR) is 90.3 cm³/mol. The molecule has 0 saturated carbocycles. The zero-order valence-electron chi connectivity index (χ0n) is 14.7. The van der Waals surface area contributed by atoms with E-state index in [1.165, 1.54) is 58.0 Å². The number of nitrogens with zero attached hydrogens (tertiary/aromatic N) is 1. The molecule has 0 aliphatic carbocycles. The smallest absolute Gasteiger partial charge is 0.0303 e. The van der Waals surface area contributed by atoms with E-state index < -0.39 is 0 Å². The van der Waals surface area contributed by atoms with Crippen LogP contribution in [0.15, 0.2) is 0 Å². The molecule has 20 heavy (non-hydrogen) atoms. The molecule has 1 aliphatic heterocycles. The molecule has 2 heteroatoms. The Morgan fingerprint density at radius 1 is 1.15 bits per heavy atom. The number of hydrogen-bond acceptors (Lipinski definition) is 2. The molecule has 1 fully saturated rings. The van der Waals surface area contributed by atoms with Crippen molar-refractivity contribution in [1.29, 1.82) is 0 Å². The minimum Gasteiger partial charge on any atom is -0.311 e. The van der Waals surface area contributed by atoms with Crippen LogP contribution in [0, 0.1) is 5.92 Å². The number of unbranched alkanes of at least 4 members (excludes halogenated alkanes) is 4.